The van der Waals surface area contributed by atoms with Crippen molar-refractivity contribution in [2.75, 3.05) is 31.1 Å². The van der Waals surface area contributed by atoms with Gasteiger partial charge in [-0.15, -0.1) is 0 Å². The van der Waals surface area contributed by atoms with Gasteiger partial charge in [-0.3, -0.25) is 9.69 Å². The molecular formula is C25H30F2N2O4. The van der Waals surface area contributed by atoms with Crippen molar-refractivity contribution in [2.45, 2.75) is 50.9 Å². The molecule has 0 radical (unpaired) electrons. The molecule has 1 saturated carbocycles. The van der Waals surface area contributed by atoms with Gasteiger partial charge >= 0.3 is 12.6 Å². The molecule has 178 valence electrons. The van der Waals surface area contributed by atoms with Gasteiger partial charge in [0, 0.05) is 37.4 Å². The van der Waals surface area contributed by atoms with E-state index in [4.69, 9.17) is 9.47 Å². The number of carboxylic acid groups (broad SMARTS) is 1. The van der Waals surface area contributed by atoms with Gasteiger partial charge < -0.3 is 19.5 Å². The van der Waals surface area contributed by atoms with Crippen LogP contribution in [0.5, 0.6) is 11.5 Å². The Kier molecular flexibility index (Phi) is 7.65. The third-order valence-corrected chi connectivity index (χ3v) is 6.36. The zero-order valence-corrected chi connectivity index (χ0v) is 18.5. The van der Waals surface area contributed by atoms with E-state index in [-0.39, 0.29) is 24.4 Å². The summed E-state index contributed by atoms with van der Waals surface area (Å²) in [5.74, 6) is -0.458. The summed E-state index contributed by atoms with van der Waals surface area (Å²) in [6, 6.07) is 15.1. The standard InChI is InChI=1S/C25H30F2N2O4/c26-25(27)33-22-11-10-19(15-23(22)32-21-8-4-5-9-21)28-12-13-29(17-24(30)31)20(16-28)14-18-6-2-1-3-7-18/h1-3,6-7,10-11,15,20-21,25H,4-5,8-9,12-14,16-17H2,(H,30,31)/t20-/m0/s1. The van der Waals surface area contributed by atoms with Gasteiger partial charge in [-0.2, -0.15) is 8.78 Å². The van der Waals surface area contributed by atoms with Crippen molar-refractivity contribution >= 4 is 11.7 Å². The summed E-state index contributed by atoms with van der Waals surface area (Å²) in [6.45, 7) is -1.08. The lowest BCUT2D eigenvalue weighted by Crippen LogP contribution is -2.55. The predicted molar refractivity (Wildman–Crippen MR) is 121 cm³/mol. The van der Waals surface area contributed by atoms with E-state index in [1.165, 1.54) is 0 Å². The molecule has 2 fully saturated rings. The Bertz CT molecular complexity index is 922. The molecule has 2 aromatic rings. The minimum absolute atomic E-state index is 0.00782. The fourth-order valence-electron chi connectivity index (χ4n) is 4.75. The summed E-state index contributed by atoms with van der Waals surface area (Å²) in [4.78, 5) is 15.6. The molecule has 1 heterocycles. The van der Waals surface area contributed by atoms with Crippen LogP contribution in [0.4, 0.5) is 14.5 Å². The molecule has 1 saturated heterocycles. The van der Waals surface area contributed by atoms with Gasteiger partial charge in [-0.25, -0.2) is 0 Å². The van der Waals surface area contributed by atoms with Crippen molar-refractivity contribution in [1.29, 1.82) is 0 Å². The monoisotopic (exact) mass is 460 g/mol. The molecule has 1 atom stereocenters. The number of carbonyl (C=O) groups is 1. The van der Waals surface area contributed by atoms with Crippen LogP contribution in [-0.4, -0.2) is 60.9 Å². The molecule has 1 N–H and O–H groups in total. The number of nitrogens with zero attached hydrogens (tertiary/aromatic N) is 2. The topological polar surface area (TPSA) is 62.2 Å². The van der Waals surface area contributed by atoms with E-state index in [1.807, 2.05) is 35.2 Å². The number of alkyl halides is 2. The molecule has 2 aromatic carbocycles. The van der Waals surface area contributed by atoms with Crippen LogP contribution >= 0.6 is 0 Å². The summed E-state index contributed by atoms with van der Waals surface area (Å²) in [7, 11) is 0. The maximum Gasteiger partial charge on any atom is 0.387 e. The van der Waals surface area contributed by atoms with Crippen LogP contribution in [-0.2, 0) is 11.2 Å². The van der Waals surface area contributed by atoms with Crippen molar-refractivity contribution in [2.24, 2.45) is 0 Å². The second-order valence-corrected chi connectivity index (χ2v) is 8.69. The smallest absolute Gasteiger partial charge is 0.387 e. The molecule has 0 unspecified atom stereocenters. The van der Waals surface area contributed by atoms with Crippen LogP contribution in [0.2, 0.25) is 0 Å². The number of hydrogen-bond acceptors (Lipinski definition) is 5. The molecule has 1 aliphatic heterocycles. The number of rotatable bonds is 9. The molecular weight excluding hydrogens is 430 g/mol. The van der Waals surface area contributed by atoms with E-state index in [0.29, 0.717) is 25.4 Å². The predicted octanol–water partition coefficient (Wildman–Crippen LogP) is 4.43. The van der Waals surface area contributed by atoms with Crippen molar-refractivity contribution < 1.29 is 28.2 Å². The van der Waals surface area contributed by atoms with Crippen molar-refractivity contribution in [3.63, 3.8) is 0 Å². The van der Waals surface area contributed by atoms with E-state index in [2.05, 4.69) is 4.90 Å². The second kappa shape index (κ2) is 10.8. The lowest BCUT2D eigenvalue weighted by molar-refractivity contribution is -0.139. The second-order valence-electron chi connectivity index (χ2n) is 8.69. The van der Waals surface area contributed by atoms with E-state index in [9.17, 15) is 18.7 Å². The first-order chi connectivity index (χ1) is 16.0. The number of halogens is 2. The van der Waals surface area contributed by atoms with Crippen LogP contribution in [0.3, 0.4) is 0 Å². The normalized spacial score (nSPS) is 19.7. The number of piperazine rings is 1. The molecule has 1 aliphatic carbocycles. The third-order valence-electron chi connectivity index (χ3n) is 6.36. The first kappa shape index (κ1) is 23.3. The molecule has 0 spiro atoms. The van der Waals surface area contributed by atoms with E-state index in [1.54, 1.807) is 18.2 Å². The minimum atomic E-state index is -2.92. The third kappa shape index (κ3) is 6.35. The van der Waals surface area contributed by atoms with E-state index < -0.39 is 12.6 Å². The summed E-state index contributed by atoms with van der Waals surface area (Å²) in [5.41, 5.74) is 2.00. The quantitative estimate of drug-likeness (QED) is 0.598. The minimum Gasteiger partial charge on any atom is -0.486 e. The molecule has 0 bridgehead atoms. The summed E-state index contributed by atoms with van der Waals surface area (Å²) in [6.07, 6.45) is 4.70. The summed E-state index contributed by atoms with van der Waals surface area (Å²) < 4.78 is 36.6. The van der Waals surface area contributed by atoms with Crippen molar-refractivity contribution in [3.05, 3.63) is 54.1 Å². The highest BCUT2D eigenvalue weighted by Crippen LogP contribution is 2.36. The van der Waals surface area contributed by atoms with Gasteiger partial charge in [-0.1, -0.05) is 30.3 Å². The Balaban J connectivity index is 1.54. The van der Waals surface area contributed by atoms with Crippen LogP contribution in [0, 0.1) is 0 Å². The van der Waals surface area contributed by atoms with Crippen LogP contribution < -0.4 is 14.4 Å². The summed E-state index contributed by atoms with van der Waals surface area (Å²) >= 11 is 0. The maximum atomic E-state index is 12.9. The molecule has 8 heteroatoms. The van der Waals surface area contributed by atoms with Gasteiger partial charge in [-0.05, 0) is 49.8 Å². The Morgan fingerprint density at radius 2 is 1.82 bits per heavy atom. The Morgan fingerprint density at radius 1 is 1.06 bits per heavy atom. The maximum absolute atomic E-state index is 12.9. The number of benzene rings is 2. The first-order valence-corrected chi connectivity index (χ1v) is 11.5. The molecule has 4 rings (SSSR count). The fourth-order valence-corrected chi connectivity index (χ4v) is 4.75. The van der Waals surface area contributed by atoms with Crippen LogP contribution in [0.1, 0.15) is 31.2 Å². The fraction of sp³-hybridized carbons (Fsp3) is 0.480. The molecule has 6 nitrogen and oxygen atoms in total. The number of aliphatic carboxylic acids is 1. The number of ether oxygens (including phenoxy) is 2. The lowest BCUT2D eigenvalue weighted by atomic mass is 10.0. The van der Waals surface area contributed by atoms with E-state index >= 15 is 0 Å². The SMILES string of the molecule is O=C(O)CN1CCN(c2ccc(OC(F)F)c(OC3CCCC3)c2)C[C@@H]1Cc1ccccc1. The van der Waals surface area contributed by atoms with Crippen molar-refractivity contribution in [3.8, 4) is 11.5 Å². The van der Waals surface area contributed by atoms with E-state index in [0.717, 1.165) is 43.4 Å². The Hall–Kier alpha value is -2.87. The first-order valence-electron chi connectivity index (χ1n) is 11.5. The largest absolute Gasteiger partial charge is 0.486 e. The Morgan fingerprint density at radius 3 is 2.52 bits per heavy atom. The lowest BCUT2D eigenvalue weighted by Gasteiger charge is -2.42. The highest BCUT2D eigenvalue weighted by Gasteiger charge is 2.29. The van der Waals surface area contributed by atoms with Crippen molar-refractivity contribution in [1.82, 2.24) is 4.90 Å². The van der Waals surface area contributed by atoms with Crippen LogP contribution in [0.15, 0.2) is 48.5 Å². The summed E-state index contributed by atoms with van der Waals surface area (Å²) in [5, 5.41) is 9.36. The Labute approximate surface area is 192 Å². The number of carboxylic acids is 1. The van der Waals surface area contributed by atoms with Crippen LogP contribution in [0.25, 0.3) is 0 Å². The van der Waals surface area contributed by atoms with Gasteiger partial charge in [0.1, 0.15) is 0 Å². The number of anilines is 1. The highest BCUT2D eigenvalue weighted by molar-refractivity contribution is 5.69. The van der Waals surface area contributed by atoms with Gasteiger partial charge in [0.2, 0.25) is 0 Å². The molecule has 0 aromatic heterocycles. The van der Waals surface area contributed by atoms with Gasteiger partial charge in [0.15, 0.2) is 11.5 Å². The van der Waals surface area contributed by atoms with Gasteiger partial charge in [0.05, 0.1) is 12.6 Å². The number of hydrogen-bond donors (Lipinski definition) is 1. The molecule has 33 heavy (non-hydrogen) atoms. The zero-order valence-electron chi connectivity index (χ0n) is 18.5. The molecule has 0 amide bonds. The zero-order chi connectivity index (χ0) is 23.2. The van der Waals surface area contributed by atoms with Gasteiger partial charge in [0.25, 0.3) is 0 Å². The molecule has 2 aliphatic rings. The highest BCUT2D eigenvalue weighted by atomic mass is 19.3. The average molecular weight is 461 g/mol. The average Bonchev–Trinajstić information content (AvgIpc) is 3.29.